The monoisotopic (exact) mass is 405 g/mol. The van der Waals surface area contributed by atoms with Gasteiger partial charge in [0.1, 0.15) is 4.75 Å². The molecule has 0 bridgehead atoms. The SMILES string of the molecule is C[C@@H](N[S@@+]([O-])C(C)(C)C)c1ccc2ccn(S(=O)(=O)c3ccccc3)c2n1. The van der Waals surface area contributed by atoms with Crippen LogP contribution in [0.15, 0.2) is 59.6 Å². The highest BCUT2D eigenvalue weighted by atomic mass is 32.2. The van der Waals surface area contributed by atoms with Crippen LogP contribution in [0, 0.1) is 0 Å². The Morgan fingerprint density at radius 1 is 1.11 bits per heavy atom. The van der Waals surface area contributed by atoms with Gasteiger partial charge in [0.05, 0.1) is 16.6 Å². The predicted molar refractivity (Wildman–Crippen MR) is 108 cm³/mol. The highest BCUT2D eigenvalue weighted by Gasteiger charge is 2.29. The van der Waals surface area contributed by atoms with Gasteiger partial charge < -0.3 is 4.55 Å². The average molecular weight is 406 g/mol. The first-order valence-corrected chi connectivity index (χ1v) is 11.2. The predicted octanol–water partition coefficient (Wildman–Crippen LogP) is 3.39. The summed E-state index contributed by atoms with van der Waals surface area (Å²) in [7, 11) is -3.74. The van der Waals surface area contributed by atoms with Crippen LogP contribution < -0.4 is 4.72 Å². The molecule has 2 heterocycles. The van der Waals surface area contributed by atoms with Crippen molar-refractivity contribution in [1.82, 2.24) is 13.7 Å². The van der Waals surface area contributed by atoms with Crippen molar-refractivity contribution in [1.29, 1.82) is 0 Å². The molecule has 0 spiro atoms. The first-order valence-electron chi connectivity index (χ1n) is 8.57. The van der Waals surface area contributed by atoms with E-state index in [9.17, 15) is 13.0 Å². The van der Waals surface area contributed by atoms with Crippen molar-refractivity contribution in [2.24, 2.45) is 0 Å². The fourth-order valence-corrected chi connectivity index (χ4v) is 4.66. The Morgan fingerprint density at radius 2 is 1.78 bits per heavy atom. The third-order valence-corrected chi connectivity index (χ3v) is 7.47. The Kier molecular flexibility index (Phi) is 5.36. The summed E-state index contributed by atoms with van der Waals surface area (Å²) in [5.74, 6) is 0. The Labute approximate surface area is 163 Å². The second-order valence-corrected chi connectivity index (χ2v) is 11.1. The maximum absolute atomic E-state index is 13.0. The maximum Gasteiger partial charge on any atom is 0.269 e. The van der Waals surface area contributed by atoms with Crippen LogP contribution >= 0.6 is 0 Å². The summed E-state index contributed by atoms with van der Waals surface area (Å²) in [4.78, 5) is 4.75. The second-order valence-electron chi connectivity index (χ2n) is 7.30. The number of hydrogen-bond donors (Lipinski definition) is 1. The number of aromatic nitrogens is 2. The highest BCUT2D eigenvalue weighted by molar-refractivity contribution is 7.90. The van der Waals surface area contributed by atoms with E-state index >= 15 is 0 Å². The van der Waals surface area contributed by atoms with Gasteiger partial charge in [0.2, 0.25) is 0 Å². The molecule has 0 aliphatic heterocycles. The standard InChI is InChI=1S/C19H23N3O3S2/c1-14(21-26(23)19(2,3)4)17-11-10-15-12-13-22(18(15)20-17)27(24,25)16-8-6-5-7-9-16/h5-14,21H,1-4H3/t14-,26+/m1/s1. The third-order valence-electron chi connectivity index (χ3n) is 4.11. The minimum Gasteiger partial charge on any atom is -0.598 e. The van der Waals surface area contributed by atoms with Crippen molar-refractivity contribution in [3.8, 4) is 0 Å². The Bertz CT molecular complexity index is 1040. The molecule has 2 aromatic heterocycles. The normalized spacial score (nSPS) is 15.0. The molecule has 1 aromatic carbocycles. The van der Waals surface area contributed by atoms with E-state index in [1.165, 1.54) is 10.2 Å². The zero-order valence-corrected chi connectivity index (χ0v) is 17.3. The quantitative estimate of drug-likeness (QED) is 0.658. The minimum absolute atomic E-state index is 0.203. The van der Waals surface area contributed by atoms with Gasteiger partial charge in [-0.2, -0.15) is 0 Å². The molecule has 8 heteroatoms. The molecule has 1 N–H and O–H groups in total. The molecule has 0 saturated heterocycles. The first-order chi connectivity index (χ1) is 12.6. The molecular formula is C19H23N3O3S2. The maximum atomic E-state index is 13.0. The lowest BCUT2D eigenvalue weighted by Crippen LogP contribution is -2.40. The molecular weight excluding hydrogens is 382 g/mol. The number of rotatable bonds is 5. The fourth-order valence-electron chi connectivity index (χ4n) is 2.54. The summed E-state index contributed by atoms with van der Waals surface area (Å²) < 4.78 is 42.1. The van der Waals surface area contributed by atoms with Crippen molar-refractivity contribution >= 4 is 32.4 Å². The van der Waals surface area contributed by atoms with E-state index in [4.69, 9.17) is 0 Å². The van der Waals surface area contributed by atoms with Crippen LogP contribution in [0.25, 0.3) is 11.0 Å². The van der Waals surface area contributed by atoms with Crippen LogP contribution in [0.1, 0.15) is 39.4 Å². The van der Waals surface area contributed by atoms with Gasteiger partial charge in [0.25, 0.3) is 10.0 Å². The van der Waals surface area contributed by atoms with Gasteiger partial charge in [-0.1, -0.05) is 18.2 Å². The molecule has 6 nitrogen and oxygen atoms in total. The number of nitrogens with zero attached hydrogens (tertiary/aromatic N) is 2. The van der Waals surface area contributed by atoms with Crippen LogP contribution in [0.2, 0.25) is 0 Å². The Hall–Kier alpha value is -1.87. The molecule has 0 amide bonds. The molecule has 0 fully saturated rings. The minimum atomic E-state index is -3.74. The van der Waals surface area contributed by atoms with Gasteiger partial charge in [0, 0.05) is 22.9 Å². The van der Waals surface area contributed by atoms with Crippen molar-refractivity contribution < 1.29 is 13.0 Å². The highest BCUT2D eigenvalue weighted by Crippen LogP contribution is 2.24. The third kappa shape index (κ3) is 4.03. The molecule has 0 saturated carbocycles. The molecule has 0 aliphatic rings. The van der Waals surface area contributed by atoms with E-state index in [0.717, 1.165) is 5.39 Å². The zero-order valence-electron chi connectivity index (χ0n) is 15.7. The number of nitrogens with one attached hydrogen (secondary N) is 1. The van der Waals surface area contributed by atoms with Crippen LogP contribution in [-0.4, -0.2) is 26.7 Å². The van der Waals surface area contributed by atoms with Gasteiger partial charge in [-0.3, -0.25) is 0 Å². The van der Waals surface area contributed by atoms with E-state index in [1.54, 1.807) is 36.4 Å². The Balaban J connectivity index is 2.00. The van der Waals surface area contributed by atoms with Crippen LogP contribution in [0.4, 0.5) is 0 Å². The lowest BCUT2D eigenvalue weighted by molar-refractivity contribution is 0.529. The summed E-state index contributed by atoms with van der Waals surface area (Å²) >= 11 is -1.26. The van der Waals surface area contributed by atoms with Gasteiger partial charge in [-0.25, -0.2) is 17.4 Å². The van der Waals surface area contributed by atoms with Gasteiger partial charge in [-0.15, -0.1) is 4.72 Å². The second kappa shape index (κ2) is 7.27. The van der Waals surface area contributed by atoms with E-state index in [0.29, 0.717) is 11.3 Å². The smallest absolute Gasteiger partial charge is 0.269 e. The Morgan fingerprint density at radius 3 is 2.41 bits per heavy atom. The number of hydrogen-bond acceptors (Lipinski definition) is 5. The van der Waals surface area contributed by atoms with E-state index in [2.05, 4.69) is 9.71 Å². The molecule has 3 aromatic rings. The molecule has 0 radical (unpaired) electrons. The van der Waals surface area contributed by atoms with Crippen molar-refractivity contribution in [3.05, 3.63) is 60.4 Å². The van der Waals surface area contributed by atoms with Gasteiger partial charge in [-0.05, 0) is 58.0 Å². The average Bonchev–Trinajstić information content (AvgIpc) is 3.05. The van der Waals surface area contributed by atoms with Crippen LogP contribution in [-0.2, 0) is 21.4 Å². The summed E-state index contributed by atoms with van der Waals surface area (Å²) in [5, 5.41) is 0.724. The van der Waals surface area contributed by atoms with E-state index < -0.39 is 26.1 Å². The molecule has 3 rings (SSSR count). The molecule has 0 aliphatic carbocycles. The summed E-state index contributed by atoms with van der Waals surface area (Å²) in [5.41, 5.74) is 0.981. The molecule has 27 heavy (non-hydrogen) atoms. The summed E-state index contributed by atoms with van der Waals surface area (Å²) in [6.45, 7) is 7.52. The van der Waals surface area contributed by atoms with E-state index in [1.807, 2.05) is 39.8 Å². The lowest BCUT2D eigenvalue weighted by atomic mass is 10.2. The summed E-state index contributed by atoms with van der Waals surface area (Å²) in [6, 6.07) is 13.3. The van der Waals surface area contributed by atoms with Crippen LogP contribution in [0.5, 0.6) is 0 Å². The lowest BCUT2D eigenvalue weighted by Gasteiger charge is -2.26. The van der Waals surface area contributed by atoms with Crippen molar-refractivity contribution in [2.75, 3.05) is 0 Å². The van der Waals surface area contributed by atoms with E-state index in [-0.39, 0.29) is 10.9 Å². The largest absolute Gasteiger partial charge is 0.598 e. The van der Waals surface area contributed by atoms with Crippen LogP contribution in [0.3, 0.4) is 0 Å². The zero-order chi connectivity index (χ0) is 19.8. The molecule has 0 unspecified atom stereocenters. The number of benzene rings is 1. The van der Waals surface area contributed by atoms with Crippen molar-refractivity contribution in [3.63, 3.8) is 0 Å². The number of fused-ring (bicyclic) bond motifs is 1. The summed E-state index contributed by atoms with van der Waals surface area (Å²) in [6.07, 6.45) is 1.51. The van der Waals surface area contributed by atoms with Gasteiger partial charge in [0.15, 0.2) is 5.65 Å². The molecule has 2 atom stereocenters. The van der Waals surface area contributed by atoms with Crippen molar-refractivity contribution in [2.45, 2.75) is 43.4 Å². The molecule has 144 valence electrons. The first kappa shape index (κ1) is 19.9. The van der Waals surface area contributed by atoms with Gasteiger partial charge >= 0.3 is 0 Å². The fraction of sp³-hybridized carbons (Fsp3) is 0.316. The topological polar surface area (TPSA) is 87.0 Å². The number of pyridine rings is 1.